The number of Topliss-reactive ketones (excluding diaryl/α,β-unsaturated/α-hetero) is 1. The predicted octanol–water partition coefficient (Wildman–Crippen LogP) is 7.62. The Bertz CT molecular complexity index is 129. The van der Waals surface area contributed by atoms with Gasteiger partial charge >= 0.3 is 0 Å². The molecule has 0 aromatic rings. The maximum absolute atomic E-state index is 9.44. The SMILES string of the molecule is C/C=C/C.C=C(C)C.CC.CC(C)=O.CCC.CCC. The van der Waals surface area contributed by atoms with Gasteiger partial charge in [0.2, 0.25) is 0 Å². The van der Waals surface area contributed by atoms with Crippen LogP contribution in [-0.2, 0) is 4.79 Å². The number of carbonyl (C=O) groups excluding carboxylic acids is 1. The third-order valence-corrected chi connectivity index (χ3v) is 0.333. The highest BCUT2D eigenvalue weighted by atomic mass is 16.1. The van der Waals surface area contributed by atoms with Crippen molar-refractivity contribution in [3.05, 3.63) is 24.3 Å². The molecular weight excluding hydrogens is 244 g/mol. The van der Waals surface area contributed by atoms with Crippen molar-refractivity contribution in [2.24, 2.45) is 0 Å². The van der Waals surface area contributed by atoms with Gasteiger partial charge in [-0.15, -0.1) is 6.58 Å². The lowest BCUT2D eigenvalue weighted by molar-refractivity contribution is -0.114. The summed E-state index contributed by atoms with van der Waals surface area (Å²) >= 11 is 0. The normalized spacial score (nSPS) is 6.60. The van der Waals surface area contributed by atoms with Crippen LogP contribution in [0.1, 0.15) is 95.9 Å². The van der Waals surface area contributed by atoms with Gasteiger partial charge in [-0.3, -0.25) is 0 Å². The molecule has 0 saturated heterocycles. The zero-order chi connectivity index (χ0) is 18.0. The molecule has 0 bridgehead atoms. The van der Waals surface area contributed by atoms with E-state index in [-0.39, 0.29) is 5.78 Å². The van der Waals surface area contributed by atoms with Crippen molar-refractivity contribution in [2.45, 2.75) is 95.9 Å². The lowest BCUT2D eigenvalue weighted by Gasteiger charge is -1.65. The summed E-state index contributed by atoms with van der Waals surface area (Å²) in [5.41, 5.74) is 1.17. The second-order valence-corrected chi connectivity index (χ2v) is 4.20. The first-order chi connectivity index (χ1) is 9.21. The molecule has 20 heavy (non-hydrogen) atoms. The molecule has 0 radical (unpaired) electrons. The molecule has 0 aromatic heterocycles. The highest BCUT2D eigenvalue weighted by Crippen LogP contribution is 1.73. The Kier molecular flexibility index (Phi) is 116. The number of hydrogen-bond acceptors (Lipinski definition) is 1. The van der Waals surface area contributed by atoms with Crippen LogP contribution in [-0.4, -0.2) is 5.78 Å². The first kappa shape index (κ1) is 36.5. The molecule has 0 amide bonds. The molecule has 0 aliphatic rings. The smallest absolute Gasteiger partial charge is 0.126 e. The molecule has 0 aliphatic heterocycles. The summed E-state index contributed by atoms with van der Waals surface area (Å²) in [5, 5.41) is 0. The maximum atomic E-state index is 9.44. The molecule has 0 spiro atoms. The van der Waals surface area contributed by atoms with Crippen LogP contribution in [0.5, 0.6) is 0 Å². The summed E-state index contributed by atoms with van der Waals surface area (Å²) in [7, 11) is 0. The Morgan fingerprint density at radius 3 is 0.850 bits per heavy atom. The van der Waals surface area contributed by atoms with Gasteiger partial charge in [0, 0.05) is 0 Å². The van der Waals surface area contributed by atoms with E-state index >= 15 is 0 Å². The second-order valence-electron chi connectivity index (χ2n) is 4.20. The predicted molar refractivity (Wildman–Crippen MR) is 101 cm³/mol. The van der Waals surface area contributed by atoms with Gasteiger partial charge in [-0.1, -0.05) is 72.1 Å². The van der Waals surface area contributed by atoms with Crippen molar-refractivity contribution in [3.8, 4) is 0 Å². The fourth-order valence-corrected chi connectivity index (χ4v) is 0. The first-order valence-electron chi connectivity index (χ1n) is 7.87. The zero-order valence-electron chi connectivity index (χ0n) is 16.7. The minimum absolute atomic E-state index is 0.167. The molecule has 1 nitrogen and oxygen atoms in total. The van der Waals surface area contributed by atoms with Crippen molar-refractivity contribution in [1.82, 2.24) is 0 Å². The number of rotatable bonds is 0. The standard InChI is InChI=1S/2C4H8.C3H6O.2C3H8.C2H6/c1-4(2)3;1-3-4-2;1-3(2)4;2*1-3-2;1-2/h1H2,2-3H3;3-4H,1-2H3;1-2H3;2*3H2,1-2H3;1-2H3/b;4-3+;;;;. The van der Waals surface area contributed by atoms with E-state index in [4.69, 9.17) is 0 Å². The molecule has 1 heteroatoms. The Morgan fingerprint density at radius 1 is 0.800 bits per heavy atom. The van der Waals surface area contributed by atoms with Gasteiger partial charge in [0.1, 0.15) is 5.78 Å². The van der Waals surface area contributed by atoms with Crippen LogP contribution < -0.4 is 0 Å². The van der Waals surface area contributed by atoms with Crippen molar-refractivity contribution < 1.29 is 4.79 Å². The Labute approximate surface area is 131 Å². The maximum Gasteiger partial charge on any atom is 0.126 e. The van der Waals surface area contributed by atoms with Crippen molar-refractivity contribution in [3.63, 3.8) is 0 Å². The van der Waals surface area contributed by atoms with Gasteiger partial charge in [0.05, 0.1) is 0 Å². The summed E-state index contributed by atoms with van der Waals surface area (Å²) in [6, 6.07) is 0. The molecule has 0 aromatic carbocycles. The van der Waals surface area contributed by atoms with Crippen LogP contribution in [0.15, 0.2) is 24.3 Å². The van der Waals surface area contributed by atoms with E-state index in [2.05, 4.69) is 34.3 Å². The van der Waals surface area contributed by atoms with E-state index in [9.17, 15) is 4.79 Å². The summed E-state index contributed by atoms with van der Waals surface area (Å²) in [6.45, 7) is 27.1. The summed E-state index contributed by atoms with van der Waals surface area (Å²) in [5.74, 6) is 0.167. The van der Waals surface area contributed by atoms with Gasteiger partial charge in [0.15, 0.2) is 0 Å². The second kappa shape index (κ2) is 63.8. The monoisotopic (exact) mass is 288 g/mol. The number of allylic oxidation sites excluding steroid dienone is 3. The van der Waals surface area contributed by atoms with E-state index in [1.165, 1.54) is 32.3 Å². The van der Waals surface area contributed by atoms with Crippen LogP contribution in [0.25, 0.3) is 0 Å². The quantitative estimate of drug-likeness (QED) is 0.419. The third kappa shape index (κ3) is 199000. The van der Waals surface area contributed by atoms with Crippen LogP contribution in [0, 0.1) is 0 Å². The van der Waals surface area contributed by atoms with Crippen LogP contribution >= 0.6 is 0 Å². The highest BCUT2D eigenvalue weighted by molar-refractivity contribution is 5.72. The van der Waals surface area contributed by atoms with Crippen molar-refractivity contribution in [2.75, 3.05) is 0 Å². The lowest BCUT2D eigenvalue weighted by atomic mass is 10.4. The molecule has 0 atom stereocenters. The van der Waals surface area contributed by atoms with Crippen LogP contribution in [0.3, 0.4) is 0 Å². The molecule has 0 unspecified atom stereocenters. The summed E-state index contributed by atoms with van der Waals surface area (Å²) in [4.78, 5) is 9.44. The zero-order valence-corrected chi connectivity index (χ0v) is 16.7. The van der Waals surface area contributed by atoms with Crippen LogP contribution in [0.4, 0.5) is 0 Å². The van der Waals surface area contributed by atoms with E-state index in [1.54, 1.807) is 0 Å². The summed E-state index contributed by atoms with van der Waals surface area (Å²) in [6.07, 6.45) is 6.50. The average molecular weight is 289 g/mol. The van der Waals surface area contributed by atoms with Gasteiger partial charge in [-0.05, 0) is 41.5 Å². The number of hydrogen-bond donors (Lipinski definition) is 0. The fourth-order valence-electron chi connectivity index (χ4n) is 0. The molecule has 0 heterocycles. The molecule has 0 rings (SSSR count). The average Bonchev–Trinajstić information content (AvgIpc) is 2.32. The van der Waals surface area contributed by atoms with E-state index in [1.807, 2.05) is 53.7 Å². The van der Waals surface area contributed by atoms with Crippen LogP contribution in [0.2, 0.25) is 0 Å². The Balaban J connectivity index is -0.0000000299. The molecular formula is C19H44O. The van der Waals surface area contributed by atoms with Gasteiger partial charge < -0.3 is 4.79 Å². The molecule has 126 valence electrons. The first-order valence-corrected chi connectivity index (χ1v) is 7.87. The van der Waals surface area contributed by atoms with Gasteiger partial charge in [-0.25, -0.2) is 0 Å². The Morgan fingerprint density at radius 2 is 0.850 bits per heavy atom. The van der Waals surface area contributed by atoms with E-state index in [0.717, 1.165) is 0 Å². The number of ketones is 1. The highest BCUT2D eigenvalue weighted by Gasteiger charge is 1.62. The summed E-state index contributed by atoms with van der Waals surface area (Å²) < 4.78 is 0. The molecule has 0 saturated carbocycles. The molecule has 0 fully saturated rings. The minimum atomic E-state index is 0.167. The fraction of sp³-hybridized carbons (Fsp3) is 0.737. The lowest BCUT2D eigenvalue weighted by Crippen LogP contribution is -1.69. The third-order valence-electron chi connectivity index (χ3n) is 0.333. The Hall–Kier alpha value is -0.850. The van der Waals surface area contributed by atoms with Crippen molar-refractivity contribution >= 4 is 5.78 Å². The number of carbonyl (C=O) groups is 1. The molecule has 0 N–H and O–H groups in total. The molecule has 0 aliphatic carbocycles. The van der Waals surface area contributed by atoms with E-state index in [0.29, 0.717) is 0 Å². The topological polar surface area (TPSA) is 17.1 Å². The van der Waals surface area contributed by atoms with Gasteiger partial charge in [0.25, 0.3) is 0 Å². The van der Waals surface area contributed by atoms with E-state index < -0.39 is 0 Å². The minimum Gasteiger partial charge on any atom is -0.300 e. The van der Waals surface area contributed by atoms with Gasteiger partial charge in [-0.2, -0.15) is 0 Å². The van der Waals surface area contributed by atoms with Crippen molar-refractivity contribution in [1.29, 1.82) is 0 Å². The largest absolute Gasteiger partial charge is 0.300 e.